The number of aromatic nitrogens is 1. The molecule has 2 aromatic carbocycles. The van der Waals surface area contributed by atoms with Gasteiger partial charge in [0, 0.05) is 37.3 Å². The molecule has 0 saturated carbocycles. The highest BCUT2D eigenvalue weighted by atomic mass is 16.6. The minimum absolute atomic E-state index is 0.132. The zero-order valence-electron chi connectivity index (χ0n) is 15.5. The molecule has 2 amide bonds. The molecule has 150 valence electrons. The molecule has 0 aliphatic rings. The van der Waals surface area contributed by atoms with Gasteiger partial charge in [-0.15, -0.1) is 0 Å². The molecule has 1 aromatic heterocycles. The molecular formula is C19H18N4O6. The fraction of sp³-hybridized carbons (Fsp3) is 0.211. The van der Waals surface area contributed by atoms with Crippen LogP contribution in [0, 0.1) is 10.1 Å². The molecule has 0 saturated heterocycles. The van der Waals surface area contributed by atoms with Crippen LogP contribution < -0.4 is 16.4 Å². The highest BCUT2D eigenvalue weighted by molar-refractivity contribution is 5.92. The molecule has 0 fully saturated rings. The van der Waals surface area contributed by atoms with Gasteiger partial charge in [0.15, 0.2) is 5.58 Å². The van der Waals surface area contributed by atoms with Crippen molar-refractivity contribution in [1.29, 1.82) is 0 Å². The monoisotopic (exact) mass is 398 g/mol. The number of carbonyl (C=O) groups excluding carboxylic acids is 2. The van der Waals surface area contributed by atoms with Gasteiger partial charge in [-0.05, 0) is 36.8 Å². The van der Waals surface area contributed by atoms with Crippen molar-refractivity contribution in [2.75, 3.05) is 10.6 Å². The van der Waals surface area contributed by atoms with E-state index in [9.17, 15) is 24.5 Å². The molecular weight excluding hydrogens is 380 g/mol. The van der Waals surface area contributed by atoms with Crippen LogP contribution in [0.1, 0.15) is 19.8 Å². The fourth-order valence-electron chi connectivity index (χ4n) is 2.84. The lowest BCUT2D eigenvalue weighted by atomic mass is 10.2. The maximum atomic E-state index is 12.1. The predicted molar refractivity (Wildman–Crippen MR) is 106 cm³/mol. The van der Waals surface area contributed by atoms with Crippen molar-refractivity contribution in [2.45, 2.75) is 26.3 Å². The lowest BCUT2D eigenvalue weighted by Crippen LogP contribution is -2.17. The number of hydrogen-bond donors (Lipinski definition) is 2. The fourth-order valence-corrected chi connectivity index (χ4v) is 2.84. The van der Waals surface area contributed by atoms with E-state index in [-0.39, 0.29) is 36.1 Å². The van der Waals surface area contributed by atoms with Gasteiger partial charge < -0.3 is 15.1 Å². The number of benzene rings is 2. The minimum Gasteiger partial charge on any atom is -0.407 e. The Hall–Kier alpha value is -3.95. The van der Waals surface area contributed by atoms with E-state index in [1.165, 1.54) is 29.7 Å². The van der Waals surface area contributed by atoms with E-state index >= 15 is 0 Å². The van der Waals surface area contributed by atoms with Crippen molar-refractivity contribution >= 4 is 40.0 Å². The number of carbonyl (C=O) groups is 2. The first-order valence-electron chi connectivity index (χ1n) is 8.79. The maximum absolute atomic E-state index is 12.1. The van der Waals surface area contributed by atoms with Crippen molar-refractivity contribution < 1.29 is 18.9 Å². The number of amides is 2. The second-order valence-corrected chi connectivity index (χ2v) is 6.34. The number of non-ortho nitro benzene ring substituents is 1. The van der Waals surface area contributed by atoms with Gasteiger partial charge in [0.05, 0.1) is 16.5 Å². The molecule has 0 aliphatic heterocycles. The third-order valence-electron chi connectivity index (χ3n) is 4.14. The standard InChI is InChI=1S/C19H18N4O6/c1-12(24)20-13-4-6-14(7-5-13)21-18(25)3-2-10-22-16-9-8-15(23(27)28)11-17(16)29-19(22)26/h4-9,11H,2-3,10H2,1H3,(H,20,24)(H,21,25). The van der Waals surface area contributed by atoms with Crippen LogP contribution in [0.2, 0.25) is 0 Å². The van der Waals surface area contributed by atoms with Gasteiger partial charge in [-0.25, -0.2) is 4.79 Å². The smallest absolute Gasteiger partial charge is 0.407 e. The zero-order valence-corrected chi connectivity index (χ0v) is 15.5. The lowest BCUT2D eigenvalue weighted by molar-refractivity contribution is -0.384. The van der Waals surface area contributed by atoms with E-state index in [2.05, 4.69) is 10.6 Å². The lowest BCUT2D eigenvalue weighted by Gasteiger charge is -2.07. The summed E-state index contributed by atoms with van der Waals surface area (Å²) < 4.78 is 6.40. The van der Waals surface area contributed by atoms with Crippen LogP contribution in [-0.4, -0.2) is 21.3 Å². The SMILES string of the molecule is CC(=O)Nc1ccc(NC(=O)CCCn2c(=O)oc3cc([N+](=O)[O-])ccc32)cc1. The molecule has 29 heavy (non-hydrogen) atoms. The van der Waals surface area contributed by atoms with Crippen LogP contribution in [-0.2, 0) is 16.1 Å². The van der Waals surface area contributed by atoms with Gasteiger partial charge in [0.1, 0.15) is 0 Å². The van der Waals surface area contributed by atoms with Gasteiger partial charge in [-0.2, -0.15) is 0 Å². The Morgan fingerprint density at radius 2 is 1.76 bits per heavy atom. The number of nitro benzene ring substituents is 1. The Labute approximate surface area is 164 Å². The first kappa shape index (κ1) is 19.8. The van der Waals surface area contributed by atoms with E-state index in [0.29, 0.717) is 23.3 Å². The van der Waals surface area contributed by atoms with E-state index in [4.69, 9.17) is 4.42 Å². The summed E-state index contributed by atoms with van der Waals surface area (Å²) in [7, 11) is 0. The molecule has 0 unspecified atom stereocenters. The molecule has 0 atom stereocenters. The number of rotatable bonds is 7. The molecule has 0 radical (unpaired) electrons. The number of nitrogens with one attached hydrogen (secondary N) is 2. The first-order chi connectivity index (χ1) is 13.8. The summed E-state index contributed by atoms with van der Waals surface area (Å²) >= 11 is 0. The Balaban J connectivity index is 1.57. The van der Waals surface area contributed by atoms with E-state index < -0.39 is 10.7 Å². The van der Waals surface area contributed by atoms with Gasteiger partial charge in [-0.3, -0.25) is 24.3 Å². The Morgan fingerprint density at radius 1 is 1.10 bits per heavy atom. The quantitative estimate of drug-likeness (QED) is 0.464. The Bertz CT molecular complexity index is 1130. The third kappa shape index (κ3) is 4.86. The van der Waals surface area contributed by atoms with Crippen LogP contribution in [0.4, 0.5) is 17.1 Å². The Kier molecular flexibility index (Phi) is 5.72. The van der Waals surface area contributed by atoms with E-state index in [1.54, 1.807) is 24.3 Å². The number of oxazole rings is 1. The third-order valence-corrected chi connectivity index (χ3v) is 4.14. The average molecular weight is 398 g/mol. The van der Waals surface area contributed by atoms with E-state index in [1.807, 2.05) is 0 Å². The van der Waals surface area contributed by atoms with Crippen molar-refractivity contribution in [3.8, 4) is 0 Å². The molecule has 0 aliphatic carbocycles. The largest absolute Gasteiger partial charge is 0.419 e. The number of nitro groups is 1. The van der Waals surface area contributed by atoms with Crippen molar-refractivity contribution in [2.24, 2.45) is 0 Å². The summed E-state index contributed by atoms with van der Waals surface area (Å²) in [6.45, 7) is 1.64. The molecule has 10 nitrogen and oxygen atoms in total. The van der Waals surface area contributed by atoms with Crippen molar-refractivity contribution in [1.82, 2.24) is 4.57 Å². The molecule has 2 N–H and O–H groups in total. The summed E-state index contributed by atoms with van der Waals surface area (Å²) in [5.74, 6) is -1.04. The van der Waals surface area contributed by atoms with Crippen LogP contribution in [0.15, 0.2) is 51.7 Å². The van der Waals surface area contributed by atoms with Crippen molar-refractivity contribution in [3.05, 3.63) is 63.1 Å². The highest BCUT2D eigenvalue weighted by Gasteiger charge is 2.14. The molecule has 3 rings (SSSR count). The van der Waals surface area contributed by atoms with Gasteiger partial charge in [-0.1, -0.05) is 0 Å². The summed E-state index contributed by atoms with van der Waals surface area (Å²) in [6, 6.07) is 10.6. The summed E-state index contributed by atoms with van der Waals surface area (Å²) in [5.41, 5.74) is 1.62. The Morgan fingerprint density at radius 3 is 2.38 bits per heavy atom. The van der Waals surface area contributed by atoms with Gasteiger partial charge in [0.25, 0.3) is 5.69 Å². The summed E-state index contributed by atoms with van der Waals surface area (Å²) in [5, 5.41) is 16.2. The number of hydrogen-bond acceptors (Lipinski definition) is 6. The number of fused-ring (bicyclic) bond motifs is 1. The molecule has 3 aromatic rings. The number of nitrogens with zero attached hydrogens (tertiary/aromatic N) is 2. The van der Waals surface area contributed by atoms with Crippen LogP contribution in [0.3, 0.4) is 0 Å². The predicted octanol–water partition coefficient (Wildman–Crippen LogP) is 2.88. The normalized spacial score (nSPS) is 10.7. The number of aryl methyl sites for hydroxylation is 1. The minimum atomic E-state index is -0.630. The average Bonchev–Trinajstić information content (AvgIpc) is 2.97. The van der Waals surface area contributed by atoms with Crippen molar-refractivity contribution in [3.63, 3.8) is 0 Å². The first-order valence-corrected chi connectivity index (χ1v) is 8.79. The van der Waals surface area contributed by atoms with Crippen LogP contribution >= 0.6 is 0 Å². The van der Waals surface area contributed by atoms with E-state index in [0.717, 1.165) is 0 Å². The molecule has 0 bridgehead atoms. The molecule has 10 heteroatoms. The number of anilines is 2. The summed E-state index contributed by atoms with van der Waals surface area (Å²) in [6.07, 6.45) is 0.543. The second-order valence-electron chi connectivity index (χ2n) is 6.34. The second kappa shape index (κ2) is 8.38. The molecule has 1 heterocycles. The summed E-state index contributed by atoms with van der Waals surface area (Å²) in [4.78, 5) is 45.3. The van der Waals surface area contributed by atoms with Gasteiger partial charge in [0.2, 0.25) is 11.8 Å². The topological polar surface area (TPSA) is 136 Å². The highest BCUT2D eigenvalue weighted by Crippen LogP contribution is 2.20. The van der Waals surface area contributed by atoms with Crippen LogP contribution in [0.25, 0.3) is 11.1 Å². The zero-order chi connectivity index (χ0) is 21.0. The maximum Gasteiger partial charge on any atom is 0.419 e. The van der Waals surface area contributed by atoms with Crippen LogP contribution in [0.5, 0.6) is 0 Å². The molecule has 0 spiro atoms. The van der Waals surface area contributed by atoms with Gasteiger partial charge >= 0.3 is 5.76 Å².